The molecule has 8 heteroatoms. The van der Waals surface area contributed by atoms with Crippen molar-refractivity contribution in [1.82, 2.24) is 4.72 Å². The molecule has 0 aliphatic carbocycles. The molecule has 0 amide bonds. The van der Waals surface area contributed by atoms with Gasteiger partial charge in [-0.3, -0.25) is 4.79 Å². The van der Waals surface area contributed by atoms with Crippen LogP contribution < -0.4 is 10.0 Å². The fourth-order valence-corrected chi connectivity index (χ4v) is 3.04. The maximum atomic E-state index is 12.2. The van der Waals surface area contributed by atoms with Gasteiger partial charge in [0, 0.05) is 0 Å². The Balaban J connectivity index is 2.45. The average molecular weight is 311 g/mol. The fourth-order valence-electron chi connectivity index (χ4n) is 1.87. The highest BCUT2D eigenvalue weighted by Gasteiger charge is 2.28. The minimum atomic E-state index is -3.76. The van der Waals surface area contributed by atoms with Crippen LogP contribution in [0.3, 0.4) is 0 Å². The Morgan fingerprint density at radius 3 is 2.57 bits per heavy atom. The van der Waals surface area contributed by atoms with Gasteiger partial charge in [-0.1, -0.05) is 26.8 Å². The lowest BCUT2D eigenvalue weighted by Gasteiger charge is -2.25. The Labute approximate surface area is 123 Å². The van der Waals surface area contributed by atoms with Crippen LogP contribution in [0.15, 0.2) is 28.1 Å². The highest BCUT2D eigenvalue weighted by atomic mass is 32.2. The molecule has 3 N–H and O–H groups in total. The largest absolute Gasteiger partial charge is 0.480 e. The van der Waals surface area contributed by atoms with E-state index in [4.69, 9.17) is 5.11 Å². The summed E-state index contributed by atoms with van der Waals surface area (Å²) in [6.07, 6.45) is 0. The molecule has 0 bridgehead atoms. The Bertz CT molecular complexity index is 717. The van der Waals surface area contributed by atoms with Gasteiger partial charge in [0.15, 0.2) is 0 Å². The van der Waals surface area contributed by atoms with Gasteiger partial charge in [-0.2, -0.15) is 0 Å². The number of fused-ring (bicyclic) bond motifs is 1. The molecule has 1 aliphatic rings. The monoisotopic (exact) mass is 311 g/mol. The van der Waals surface area contributed by atoms with E-state index < -0.39 is 22.5 Å². The first-order valence-corrected chi connectivity index (χ1v) is 7.78. The predicted octanol–water partition coefficient (Wildman–Crippen LogP) is 1.13. The first kappa shape index (κ1) is 15.3. The van der Waals surface area contributed by atoms with Crippen molar-refractivity contribution in [2.45, 2.75) is 31.1 Å². The lowest BCUT2D eigenvalue weighted by atomic mass is 9.87. The SMILES string of the molecule is CC(C)(C)c1ccc2c(c1)S(=O)(=O)NC(=NCC(=O)O)N2. The molecular formula is C13H17N3O4S. The number of carboxylic acids is 1. The molecule has 0 saturated heterocycles. The molecular weight excluding hydrogens is 294 g/mol. The molecule has 0 aromatic heterocycles. The maximum absolute atomic E-state index is 12.2. The minimum Gasteiger partial charge on any atom is -0.480 e. The van der Waals surface area contributed by atoms with Crippen molar-refractivity contribution in [2.75, 3.05) is 11.9 Å². The molecule has 0 atom stereocenters. The number of aliphatic carboxylic acids is 1. The van der Waals surface area contributed by atoms with Crippen molar-refractivity contribution in [1.29, 1.82) is 0 Å². The van der Waals surface area contributed by atoms with Gasteiger partial charge < -0.3 is 10.4 Å². The minimum absolute atomic E-state index is 0.0894. The third-order valence-electron chi connectivity index (χ3n) is 2.99. The number of rotatable bonds is 2. The lowest BCUT2D eigenvalue weighted by Crippen LogP contribution is -2.41. The second-order valence-corrected chi connectivity index (χ2v) is 7.40. The predicted molar refractivity (Wildman–Crippen MR) is 79.0 cm³/mol. The van der Waals surface area contributed by atoms with Crippen LogP contribution in [0.5, 0.6) is 0 Å². The average Bonchev–Trinajstić information content (AvgIpc) is 2.34. The van der Waals surface area contributed by atoms with Crippen molar-refractivity contribution in [2.24, 2.45) is 4.99 Å². The third-order valence-corrected chi connectivity index (χ3v) is 4.37. The number of nitrogens with one attached hydrogen (secondary N) is 2. The smallest absolute Gasteiger partial charge is 0.325 e. The number of hydrogen-bond donors (Lipinski definition) is 3. The van der Waals surface area contributed by atoms with Gasteiger partial charge in [0.1, 0.15) is 11.4 Å². The lowest BCUT2D eigenvalue weighted by molar-refractivity contribution is -0.135. The number of sulfonamides is 1. The first-order valence-electron chi connectivity index (χ1n) is 6.30. The summed E-state index contributed by atoms with van der Waals surface area (Å²) in [4.78, 5) is 14.3. The summed E-state index contributed by atoms with van der Waals surface area (Å²) in [6, 6.07) is 5.10. The van der Waals surface area contributed by atoms with Crippen LogP contribution in [0, 0.1) is 0 Å². The summed E-state index contributed by atoms with van der Waals surface area (Å²) in [7, 11) is -3.76. The van der Waals surface area contributed by atoms with Crippen LogP contribution in [0.1, 0.15) is 26.3 Å². The highest BCUT2D eigenvalue weighted by Crippen LogP contribution is 2.31. The normalized spacial score (nSPS) is 18.5. The zero-order valence-electron chi connectivity index (χ0n) is 12.0. The van der Waals surface area contributed by atoms with Crippen molar-refractivity contribution in [3.63, 3.8) is 0 Å². The van der Waals surface area contributed by atoms with E-state index in [-0.39, 0.29) is 16.3 Å². The number of carbonyl (C=O) groups is 1. The highest BCUT2D eigenvalue weighted by molar-refractivity contribution is 7.90. The molecule has 2 rings (SSSR count). The van der Waals surface area contributed by atoms with Crippen molar-refractivity contribution in [3.8, 4) is 0 Å². The van der Waals surface area contributed by atoms with Crippen molar-refractivity contribution < 1.29 is 18.3 Å². The number of benzene rings is 1. The third kappa shape index (κ3) is 3.33. The molecule has 1 aliphatic heterocycles. The molecule has 0 radical (unpaired) electrons. The second-order valence-electron chi connectivity index (χ2n) is 5.75. The first-order chi connectivity index (χ1) is 9.59. The quantitative estimate of drug-likeness (QED) is 0.759. The molecule has 21 heavy (non-hydrogen) atoms. The standard InChI is InChI=1S/C13H17N3O4S/c1-13(2,3)8-4-5-9-10(6-8)21(19,20)16-12(15-9)14-7-11(17)18/h4-6H,7H2,1-3H3,(H,17,18)(H2,14,15,16). The topological polar surface area (TPSA) is 108 Å². The summed E-state index contributed by atoms with van der Waals surface area (Å²) in [5.74, 6) is -1.23. The van der Waals surface area contributed by atoms with Gasteiger partial charge in [0.25, 0.3) is 10.0 Å². The van der Waals surface area contributed by atoms with E-state index in [1.165, 1.54) is 0 Å². The second kappa shape index (κ2) is 5.03. The number of hydrogen-bond acceptors (Lipinski definition) is 4. The molecule has 1 aromatic rings. The summed E-state index contributed by atoms with van der Waals surface area (Å²) < 4.78 is 26.7. The van der Waals surface area contributed by atoms with E-state index >= 15 is 0 Å². The number of guanidine groups is 1. The fraction of sp³-hybridized carbons (Fsp3) is 0.385. The van der Waals surface area contributed by atoms with Crippen LogP contribution in [0.25, 0.3) is 0 Å². The Hall–Kier alpha value is -2.09. The van der Waals surface area contributed by atoms with E-state index in [1.807, 2.05) is 26.8 Å². The molecule has 0 saturated carbocycles. The van der Waals surface area contributed by atoms with E-state index in [1.54, 1.807) is 12.1 Å². The molecule has 0 unspecified atom stereocenters. The van der Waals surface area contributed by atoms with Gasteiger partial charge in [0.2, 0.25) is 5.96 Å². The number of carboxylic acid groups (broad SMARTS) is 1. The van der Waals surface area contributed by atoms with Crippen LogP contribution in [-0.4, -0.2) is 32.0 Å². The molecule has 114 valence electrons. The molecule has 0 fully saturated rings. The number of anilines is 1. The maximum Gasteiger partial charge on any atom is 0.325 e. The van der Waals surface area contributed by atoms with Crippen molar-refractivity contribution in [3.05, 3.63) is 23.8 Å². The Morgan fingerprint density at radius 1 is 1.33 bits per heavy atom. The number of nitrogens with zero attached hydrogens (tertiary/aromatic N) is 1. The van der Waals surface area contributed by atoms with Gasteiger partial charge >= 0.3 is 5.97 Å². The van der Waals surface area contributed by atoms with Crippen LogP contribution in [0.4, 0.5) is 5.69 Å². The molecule has 1 heterocycles. The summed E-state index contributed by atoms with van der Waals surface area (Å²) >= 11 is 0. The van der Waals surface area contributed by atoms with Crippen LogP contribution in [-0.2, 0) is 20.2 Å². The van der Waals surface area contributed by atoms with Gasteiger partial charge in [-0.25, -0.2) is 18.1 Å². The van der Waals surface area contributed by atoms with Gasteiger partial charge in [-0.05, 0) is 23.1 Å². The van der Waals surface area contributed by atoms with E-state index in [0.29, 0.717) is 5.69 Å². The van der Waals surface area contributed by atoms with Gasteiger partial charge in [-0.15, -0.1) is 0 Å². The van der Waals surface area contributed by atoms with E-state index in [9.17, 15) is 13.2 Å². The summed E-state index contributed by atoms with van der Waals surface area (Å²) in [5, 5.41) is 11.4. The number of aliphatic imine (C=N–C) groups is 1. The summed E-state index contributed by atoms with van der Waals surface area (Å²) in [6.45, 7) is 5.46. The zero-order chi connectivity index (χ0) is 15.8. The van der Waals surface area contributed by atoms with Crippen molar-refractivity contribution >= 4 is 27.6 Å². The van der Waals surface area contributed by atoms with Crippen LogP contribution >= 0.6 is 0 Å². The summed E-state index contributed by atoms with van der Waals surface area (Å²) in [5.41, 5.74) is 1.09. The molecule has 1 aromatic carbocycles. The van der Waals surface area contributed by atoms with Crippen LogP contribution in [0.2, 0.25) is 0 Å². The molecule has 0 spiro atoms. The van der Waals surface area contributed by atoms with E-state index in [0.717, 1.165) is 5.56 Å². The molecule has 7 nitrogen and oxygen atoms in total. The van der Waals surface area contributed by atoms with Gasteiger partial charge in [0.05, 0.1) is 5.69 Å². The Kier molecular flexibility index (Phi) is 3.66. The van der Waals surface area contributed by atoms with E-state index in [2.05, 4.69) is 15.0 Å². The Morgan fingerprint density at radius 2 is 2.00 bits per heavy atom. The zero-order valence-corrected chi connectivity index (χ0v) is 12.8.